The van der Waals surface area contributed by atoms with Gasteiger partial charge in [-0.3, -0.25) is 4.79 Å². The van der Waals surface area contributed by atoms with Crippen LogP contribution in [-0.4, -0.2) is 5.97 Å². The molecule has 19 heavy (non-hydrogen) atoms. The van der Waals surface area contributed by atoms with E-state index in [1.807, 2.05) is 31.2 Å². The molecule has 0 saturated heterocycles. The van der Waals surface area contributed by atoms with Crippen molar-refractivity contribution in [2.24, 2.45) is 10.2 Å². The molecule has 2 aromatic carbocycles. The van der Waals surface area contributed by atoms with Crippen LogP contribution in [0.1, 0.15) is 12.5 Å². The van der Waals surface area contributed by atoms with Gasteiger partial charge in [0.25, 0.3) is 0 Å². The molecule has 0 atom stereocenters. The van der Waals surface area contributed by atoms with Crippen LogP contribution >= 0.6 is 0 Å². The van der Waals surface area contributed by atoms with Crippen molar-refractivity contribution in [2.45, 2.75) is 13.8 Å². The lowest BCUT2D eigenvalue weighted by molar-refractivity contribution is -0.131. The van der Waals surface area contributed by atoms with Gasteiger partial charge in [0, 0.05) is 6.92 Å². The number of carbonyl (C=O) groups is 1. The van der Waals surface area contributed by atoms with Crippen molar-refractivity contribution in [3.05, 3.63) is 54.1 Å². The molecule has 96 valence electrons. The van der Waals surface area contributed by atoms with Gasteiger partial charge in [-0.15, -0.1) is 0 Å². The minimum absolute atomic E-state index is 0.339. The fourth-order valence-corrected chi connectivity index (χ4v) is 1.47. The van der Waals surface area contributed by atoms with Crippen molar-refractivity contribution in [1.29, 1.82) is 0 Å². The van der Waals surface area contributed by atoms with Gasteiger partial charge in [0.15, 0.2) is 0 Å². The Kier molecular flexibility index (Phi) is 4.03. The first-order valence-electron chi connectivity index (χ1n) is 5.90. The maximum absolute atomic E-state index is 10.8. The number of benzene rings is 2. The van der Waals surface area contributed by atoms with Crippen LogP contribution in [0.2, 0.25) is 0 Å². The molecule has 4 nitrogen and oxygen atoms in total. The number of hydrogen-bond donors (Lipinski definition) is 0. The molecule has 0 aliphatic carbocycles. The zero-order chi connectivity index (χ0) is 13.7. The first-order valence-corrected chi connectivity index (χ1v) is 5.90. The van der Waals surface area contributed by atoms with Crippen LogP contribution in [0.5, 0.6) is 5.75 Å². The van der Waals surface area contributed by atoms with E-state index >= 15 is 0 Å². The van der Waals surface area contributed by atoms with Crippen LogP contribution in [0, 0.1) is 6.92 Å². The number of ether oxygens (including phenoxy) is 1. The maximum atomic E-state index is 10.8. The number of hydrogen-bond acceptors (Lipinski definition) is 4. The third kappa shape index (κ3) is 4.03. The second kappa shape index (κ2) is 5.91. The van der Waals surface area contributed by atoms with Crippen LogP contribution in [0.3, 0.4) is 0 Å². The van der Waals surface area contributed by atoms with Crippen molar-refractivity contribution in [3.8, 4) is 5.75 Å². The molecule has 0 aliphatic rings. The third-order valence-corrected chi connectivity index (χ3v) is 2.41. The number of carbonyl (C=O) groups excluding carboxylic acids is 1. The van der Waals surface area contributed by atoms with Crippen molar-refractivity contribution in [2.75, 3.05) is 0 Å². The number of nitrogens with zero attached hydrogens (tertiary/aromatic N) is 2. The first-order chi connectivity index (χ1) is 9.13. The molecule has 0 amide bonds. The second-order valence-electron chi connectivity index (χ2n) is 4.12. The van der Waals surface area contributed by atoms with Gasteiger partial charge in [-0.25, -0.2) is 0 Å². The summed E-state index contributed by atoms with van der Waals surface area (Å²) in [4.78, 5) is 10.8. The first kappa shape index (κ1) is 13.0. The minimum atomic E-state index is -0.339. The monoisotopic (exact) mass is 254 g/mol. The minimum Gasteiger partial charge on any atom is -0.427 e. The lowest BCUT2D eigenvalue weighted by Gasteiger charge is -2.00. The lowest BCUT2D eigenvalue weighted by Crippen LogP contribution is -2.00. The zero-order valence-electron chi connectivity index (χ0n) is 10.8. The highest BCUT2D eigenvalue weighted by molar-refractivity contribution is 5.69. The summed E-state index contributed by atoms with van der Waals surface area (Å²) in [7, 11) is 0. The Labute approximate surface area is 111 Å². The molecule has 0 aromatic heterocycles. The Morgan fingerprint density at radius 3 is 1.84 bits per heavy atom. The number of esters is 1. The lowest BCUT2D eigenvalue weighted by atomic mass is 10.2. The van der Waals surface area contributed by atoms with E-state index in [9.17, 15) is 4.79 Å². The van der Waals surface area contributed by atoms with Crippen LogP contribution in [-0.2, 0) is 4.79 Å². The molecule has 0 radical (unpaired) electrons. The molecule has 0 bridgehead atoms. The fourth-order valence-electron chi connectivity index (χ4n) is 1.47. The smallest absolute Gasteiger partial charge is 0.308 e. The fraction of sp³-hybridized carbons (Fsp3) is 0.133. The SMILES string of the molecule is CC(=O)Oc1ccc(N=Nc2ccc(C)cc2)cc1. The van der Waals surface area contributed by atoms with E-state index in [-0.39, 0.29) is 5.97 Å². The summed E-state index contributed by atoms with van der Waals surface area (Å²) in [5.41, 5.74) is 2.69. The highest BCUT2D eigenvalue weighted by Gasteiger charge is 1.97. The van der Waals surface area contributed by atoms with Crippen LogP contribution in [0.25, 0.3) is 0 Å². The topological polar surface area (TPSA) is 51.0 Å². The van der Waals surface area contributed by atoms with Crippen LogP contribution in [0.4, 0.5) is 11.4 Å². The Hall–Kier alpha value is -2.49. The summed E-state index contributed by atoms with van der Waals surface area (Å²) < 4.78 is 4.93. The molecular weight excluding hydrogens is 240 g/mol. The third-order valence-electron chi connectivity index (χ3n) is 2.41. The number of aryl methyl sites for hydroxylation is 1. The molecule has 0 fully saturated rings. The molecule has 0 N–H and O–H groups in total. The van der Waals surface area contributed by atoms with Gasteiger partial charge in [-0.05, 0) is 43.3 Å². The summed E-state index contributed by atoms with van der Waals surface area (Å²) in [6, 6.07) is 14.6. The molecule has 0 unspecified atom stereocenters. The van der Waals surface area contributed by atoms with Gasteiger partial charge in [0.1, 0.15) is 5.75 Å². The highest BCUT2D eigenvalue weighted by atomic mass is 16.5. The Balaban J connectivity index is 2.06. The quantitative estimate of drug-likeness (QED) is 0.465. The second-order valence-corrected chi connectivity index (χ2v) is 4.12. The number of rotatable bonds is 3. The normalized spacial score (nSPS) is 10.6. The number of azo groups is 1. The predicted molar refractivity (Wildman–Crippen MR) is 73.1 cm³/mol. The van der Waals surface area contributed by atoms with Gasteiger partial charge in [0.2, 0.25) is 0 Å². The molecular formula is C15H14N2O2. The summed E-state index contributed by atoms with van der Waals surface area (Å²) in [5, 5.41) is 8.24. The van der Waals surface area contributed by atoms with Crippen molar-refractivity contribution < 1.29 is 9.53 Å². The van der Waals surface area contributed by atoms with Gasteiger partial charge in [0.05, 0.1) is 11.4 Å². The molecule has 2 aromatic rings. The zero-order valence-corrected chi connectivity index (χ0v) is 10.8. The van der Waals surface area contributed by atoms with Gasteiger partial charge >= 0.3 is 5.97 Å². The van der Waals surface area contributed by atoms with E-state index in [1.54, 1.807) is 24.3 Å². The maximum Gasteiger partial charge on any atom is 0.308 e. The molecule has 0 heterocycles. The van der Waals surface area contributed by atoms with Crippen molar-refractivity contribution in [3.63, 3.8) is 0 Å². The van der Waals surface area contributed by atoms with Gasteiger partial charge in [-0.1, -0.05) is 17.7 Å². The highest BCUT2D eigenvalue weighted by Crippen LogP contribution is 2.21. The molecule has 2 rings (SSSR count). The van der Waals surface area contributed by atoms with E-state index in [4.69, 9.17) is 4.74 Å². The summed E-state index contributed by atoms with van der Waals surface area (Å²) in [6.45, 7) is 3.39. The molecule has 4 heteroatoms. The van der Waals surface area contributed by atoms with Gasteiger partial charge in [-0.2, -0.15) is 10.2 Å². The average Bonchev–Trinajstić information content (AvgIpc) is 2.39. The molecule has 0 saturated carbocycles. The van der Waals surface area contributed by atoms with Crippen molar-refractivity contribution >= 4 is 17.3 Å². The van der Waals surface area contributed by atoms with Crippen LogP contribution < -0.4 is 4.74 Å². The van der Waals surface area contributed by atoms with Gasteiger partial charge < -0.3 is 4.74 Å². The Bertz CT molecular complexity index is 587. The molecule has 0 aliphatic heterocycles. The summed E-state index contributed by atoms with van der Waals surface area (Å²) >= 11 is 0. The molecule has 0 spiro atoms. The van der Waals surface area contributed by atoms with E-state index in [0.717, 1.165) is 5.69 Å². The Morgan fingerprint density at radius 1 is 0.895 bits per heavy atom. The Morgan fingerprint density at radius 2 is 1.37 bits per heavy atom. The summed E-state index contributed by atoms with van der Waals surface area (Å²) in [5.74, 6) is 0.163. The van der Waals surface area contributed by atoms with E-state index in [0.29, 0.717) is 11.4 Å². The predicted octanol–water partition coefficient (Wildman–Crippen LogP) is 4.34. The van der Waals surface area contributed by atoms with Crippen molar-refractivity contribution in [1.82, 2.24) is 0 Å². The largest absolute Gasteiger partial charge is 0.427 e. The van der Waals surface area contributed by atoms with E-state index in [1.165, 1.54) is 12.5 Å². The summed E-state index contributed by atoms with van der Waals surface area (Å²) in [6.07, 6.45) is 0. The van der Waals surface area contributed by atoms with Crippen LogP contribution in [0.15, 0.2) is 58.8 Å². The van der Waals surface area contributed by atoms with E-state index < -0.39 is 0 Å². The average molecular weight is 254 g/mol. The standard InChI is InChI=1S/C15H14N2O2/c1-11-3-5-13(6-4-11)16-17-14-7-9-15(10-8-14)19-12(2)18/h3-10H,1-2H3. The van der Waals surface area contributed by atoms with E-state index in [2.05, 4.69) is 10.2 Å².